The van der Waals surface area contributed by atoms with Crippen molar-refractivity contribution in [2.45, 2.75) is 51.0 Å². The third-order valence-corrected chi connectivity index (χ3v) is 4.48. The normalized spacial score (nSPS) is 23.6. The summed E-state index contributed by atoms with van der Waals surface area (Å²) in [6, 6.07) is 0. The van der Waals surface area contributed by atoms with Gasteiger partial charge in [-0.1, -0.05) is 0 Å². The average molecular weight is 268 g/mol. The van der Waals surface area contributed by atoms with Gasteiger partial charge in [-0.25, -0.2) is 4.79 Å². The number of carbonyl (C=O) groups excluding carboxylic acids is 1. The van der Waals surface area contributed by atoms with E-state index in [0.29, 0.717) is 12.3 Å². The fourth-order valence-corrected chi connectivity index (χ4v) is 2.85. The molecule has 0 aromatic heterocycles. The first-order valence-electron chi connectivity index (χ1n) is 7.27. The number of piperidine rings is 1. The zero-order chi connectivity index (χ0) is 13.9. The Morgan fingerprint density at radius 2 is 1.89 bits per heavy atom. The number of carboxylic acid groups (broad SMARTS) is 1. The van der Waals surface area contributed by atoms with Crippen molar-refractivity contribution in [3.8, 4) is 0 Å². The first-order chi connectivity index (χ1) is 9.02. The van der Waals surface area contributed by atoms with E-state index >= 15 is 0 Å². The SMILES string of the molecule is CC(NC(=O)CCC1CCNCC1)(C(=O)O)C1CC1. The van der Waals surface area contributed by atoms with Gasteiger partial charge >= 0.3 is 5.97 Å². The van der Waals surface area contributed by atoms with Crippen molar-refractivity contribution in [1.82, 2.24) is 10.6 Å². The van der Waals surface area contributed by atoms with Crippen molar-refractivity contribution in [2.24, 2.45) is 11.8 Å². The minimum absolute atomic E-state index is 0.104. The summed E-state index contributed by atoms with van der Waals surface area (Å²) >= 11 is 0. The van der Waals surface area contributed by atoms with Gasteiger partial charge in [0.2, 0.25) is 5.91 Å². The molecular weight excluding hydrogens is 244 g/mol. The first kappa shape index (κ1) is 14.3. The highest BCUT2D eigenvalue weighted by Gasteiger charge is 2.48. The summed E-state index contributed by atoms with van der Waals surface area (Å²) in [6.45, 7) is 3.69. The fraction of sp³-hybridized carbons (Fsp3) is 0.857. The average Bonchev–Trinajstić information content (AvgIpc) is 3.22. The third-order valence-electron chi connectivity index (χ3n) is 4.48. The van der Waals surface area contributed by atoms with Crippen LogP contribution in [0.15, 0.2) is 0 Å². The van der Waals surface area contributed by atoms with E-state index in [2.05, 4.69) is 10.6 Å². The second-order valence-corrected chi connectivity index (χ2v) is 6.06. The molecule has 19 heavy (non-hydrogen) atoms. The van der Waals surface area contributed by atoms with Gasteiger partial charge in [-0.05, 0) is 64.0 Å². The largest absolute Gasteiger partial charge is 0.480 e. The van der Waals surface area contributed by atoms with E-state index in [1.54, 1.807) is 6.92 Å². The van der Waals surface area contributed by atoms with Gasteiger partial charge in [0.1, 0.15) is 5.54 Å². The highest BCUT2D eigenvalue weighted by atomic mass is 16.4. The van der Waals surface area contributed by atoms with Crippen molar-refractivity contribution < 1.29 is 14.7 Å². The van der Waals surface area contributed by atoms with Crippen LogP contribution < -0.4 is 10.6 Å². The van der Waals surface area contributed by atoms with Crippen LogP contribution in [0.2, 0.25) is 0 Å². The topological polar surface area (TPSA) is 78.4 Å². The third kappa shape index (κ3) is 3.69. The lowest BCUT2D eigenvalue weighted by Gasteiger charge is -2.27. The molecular formula is C14H24N2O3. The zero-order valence-corrected chi connectivity index (χ0v) is 11.6. The summed E-state index contributed by atoms with van der Waals surface area (Å²) in [5.41, 5.74) is -1.06. The Balaban J connectivity index is 1.77. The van der Waals surface area contributed by atoms with E-state index in [0.717, 1.165) is 45.2 Å². The van der Waals surface area contributed by atoms with Crippen LogP contribution in [0.1, 0.15) is 45.4 Å². The maximum Gasteiger partial charge on any atom is 0.329 e. The van der Waals surface area contributed by atoms with Crippen molar-refractivity contribution in [2.75, 3.05) is 13.1 Å². The van der Waals surface area contributed by atoms with Crippen molar-refractivity contribution in [3.05, 3.63) is 0 Å². The number of hydrogen-bond acceptors (Lipinski definition) is 3. The number of carboxylic acids is 1. The lowest BCUT2D eigenvalue weighted by atomic mass is 9.92. The van der Waals surface area contributed by atoms with Gasteiger partial charge in [0.15, 0.2) is 0 Å². The van der Waals surface area contributed by atoms with Gasteiger partial charge in [0.05, 0.1) is 0 Å². The molecule has 1 heterocycles. The Kier molecular flexibility index (Phi) is 4.45. The Labute approximate surface area is 114 Å². The maximum atomic E-state index is 11.9. The smallest absolute Gasteiger partial charge is 0.329 e. The number of rotatable bonds is 6. The molecule has 3 N–H and O–H groups in total. The Bertz CT molecular complexity index is 349. The van der Waals surface area contributed by atoms with Crippen LogP contribution in [0.4, 0.5) is 0 Å². The molecule has 1 atom stereocenters. The summed E-state index contributed by atoms with van der Waals surface area (Å²) in [5, 5.41) is 15.3. The molecule has 2 fully saturated rings. The molecule has 1 amide bonds. The van der Waals surface area contributed by atoms with Crippen molar-refractivity contribution >= 4 is 11.9 Å². The molecule has 2 rings (SSSR count). The fourth-order valence-electron chi connectivity index (χ4n) is 2.85. The molecule has 1 unspecified atom stereocenters. The quantitative estimate of drug-likeness (QED) is 0.675. The second-order valence-electron chi connectivity index (χ2n) is 6.06. The Morgan fingerprint density at radius 3 is 2.42 bits per heavy atom. The molecule has 0 aromatic rings. The highest BCUT2D eigenvalue weighted by Crippen LogP contribution is 2.39. The van der Waals surface area contributed by atoms with E-state index in [1.165, 1.54) is 0 Å². The number of aliphatic carboxylic acids is 1. The lowest BCUT2D eigenvalue weighted by Crippen LogP contribution is -2.54. The van der Waals surface area contributed by atoms with E-state index in [1.807, 2.05) is 0 Å². The molecule has 5 nitrogen and oxygen atoms in total. The van der Waals surface area contributed by atoms with E-state index in [4.69, 9.17) is 0 Å². The summed E-state index contributed by atoms with van der Waals surface area (Å²) in [7, 11) is 0. The number of nitrogens with one attached hydrogen (secondary N) is 2. The number of carbonyl (C=O) groups is 2. The van der Waals surface area contributed by atoms with Gasteiger partial charge in [0, 0.05) is 6.42 Å². The summed E-state index contributed by atoms with van der Waals surface area (Å²) in [4.78, 5) is 23.3. The molecule has 2 aliphatic rings. The van der Waals surface area contributed by atoms with Crippen LogP contribution >= 0.6 is 0 Å². The first-order valence-corrected chi connectivity index (χ1v) is 7.27. The number of amides is 1. The van der Waals surface area contributed by atoms with Crippen molar-refractivity contribution in [1.29, 1.82) is 0 Å². The molecule has 5 heteroatoms. The van der Waals surface area contributed by atoms with E-state index in [-0.39, 0.29) is 11.8 Å². The summed E-state index contributed by atoms with van der Waals surface area (Å²) in [5.74, 6) is -0.322. The molecule has 1 saturated heterocycles. The molecule has 1 aliphatic heterocycles. The number of hydrogen-bond donors (Lipinski definition) is 3. The molecule has 0 spiro atoms. The standard InChI is InChI=1S/C14H24N2O3/c1-14(13(18)19,11-3-4-11)16-12(17)5-2-10-6-8-15-9-7-10/h10-11,15H,2-9H2,1H3,(H,16,17)(H,18,19). The summed E-state index contributed by atoms with van der Waals surface area (Å²) in [6.07, 6.45) is 5.35. The monoisotopic (exact) mass is 268 g/mol. The molecule has 108 valence electrons. The second kappa shape index (κ2) is 5.90. The molecule has 1 saturated carbocycles. The van der Waals surface area contributed by atoms with Crippen LogP contribution in [0, 0.1) is 11.8 Å². The van der Waals surface area contributed by atoms with Crippen LogP contribution in [0.5, 0.6) is 0 Å². The van der Waals surface area contributed by atoms with Gasteiger partial charge in [-0.3, -0.25) is 4.79 Å². The molecule has 0 radical (unpaired) electrons. The van der Waals surface area contributed by atoms with Crippen molar-refractivity contribution in [3.63, 3.8) is 0 Å². The highest BCUT2D eigenvalue weighted by molar-refractivity contribution is 5.87. The van der Waals surface area contributed by atoms with Crippen LogP contribution in [-0.4, -0.2) is 35.6 Å². The maximum absolute atomic E-state index is 11.9. The van der Waals surface area contributed by atoms with Gasteiger partial charge in [0.25, 0.3) is 0 Å². The Hall–Kier alpha value is -1.10. The predicted molar refractivity (Wildman–Crippen MR) is 71.7 cm³/mol. The van der Waals surface area contributed by atoms with Gasteiger partial charge in [-0.2, -0.15) is 0 Å². The van der Waals surface area contributed by atoms with Crippen LogP contribution in [-0.2, 0) is 9.59 Å². The zero-order valence-electron chi connectivity index (χ0n) is 11.6. The van der Waals surface area contributed by atoms with E-state index < -0.39 is 11.5 Å². The predicted octanol–water partition coefficient (Wildman–Crippen LogP) is 1.14. The molecule has 0 aromatic carbocycles. The lowest BCUT2D eigenvalue weighted by molar-refractivity contribution is -0.148. The Morgan fingerprint density at radius 1 is 1.26 bits per heavy atom. The van der Waals surface area contributed by atoms with E-state index in [9.17, 15) is 14.7 Å². The summed E-state index contributed by atoms with van der Waals surface area (Å²) < 4.78 is 0. The van der Waals surface area contributed by atoms with Crippen LogP contribution in [0.25, 0.3) is 0 Å². The molecule has 0 bridgehead atoms. The molecule has 1 aliphatic carbocycles. The van der Waals surface area contributed by atoms with Gasteiger partial charge in [-0.15, -0.1) is 0 Å². The minimum atomic E-state index is -1.06. The van der Waals surface area contributed by atoms with Gasteiger partial charge < -0.3 is 15.7 Å². The minimum Gasteiger partial charge on any atom is -0.480 e. The van der Waals surface area contributed by atoms with Crippen LogP contribution in [0.3, 0.4) is 0 Å².